The molecule has 1 aromatic rings. The standard InChI is InChI=1S/C14H19ClN2O.ClH/c15-12-7-10-3-6-18-14(10)11(8-12)9-17-4-1-13(16)2-5-17;/h7-8,13H,1-6,9,16H2;1H. The van der Waals surface area contributed by atoms with E-state index in [1.54, 1.807) is 0 Å². The highest BCUT2D eigenvalue weighted by atomic mass is 35.5. The molecule has 0 aromatic heterocycles. The van der Waals surface area contributed by atoms with Crippen LogP contribution in [0.1, 0.15) is 24.0 Å². The van der Waals surface area contributed by atoms with Gasteiger partial charge in [-0.2, -0.15) is 0 Å². The van der Waals surface area contributed by atoms with E-state index in [1.807, 2.05) is 12.1 Å². The minimum atomic E-state index is 0. The van der Waals surface area contributed by atoms with E-state index in [2.05, 4.69) is 4.90 Å². The van der Waals surface area contributed by atoms with Crippen LogP contribution in [0.4, 0.5) is 0 Å². The van der Waals surface area contributed by atoms with Crippen molar-refractivity contribution in [3.05, 3.63) is 28.3 Å². The Morgan fingerprint density at radius 2 is 2.05 bits per heavy atom. The lowest BCUT2D eigenvalue weighted by molar-refractivity contribution is 0.203. The van der Waals surface area contributed by atoms with Crippen molar-refractivity contribution in [1.82, 2.24) is 4.90 Å². The summed E-state index contributed by atoms with van der Waals surface area (Å²) >= 11 is 6.18. The van der Waals surface area contributed by atoms with E-state index in [0.29, 0.717) is 6.04 Å². The lowest BCUT2D eigenvalue weighted by Crippen LogP contribution is -2.39. The molecule has 0 aliphatic carbocycles. The molecule has 0 amide bonds. The molecular formula is C14H20Cl2N2O. The summed E-state index contributed by atoms with van der Waals surface area (Å²) in [5.74, 6) is 1.06. The van der Waals surface area contributed by atoms with Gasteiger partial charge in [0.25, 0.3) is 0 Å². The SMILES string of the molecule is Cl.NC1CCN(Cc2cc(Cl)cc3c2OCC3)CC1. The highest BCUT2D eigenvalue weighted by Gasteiger charge is 2.21. The topological polar surface area (TPSA) is 38.5 Å². The second kappa shape index (κ2) is 6.31. The molecule has 1 saturated heterocycles. The molecule has 0 radical (unpaired) electrons. The number of ether oxygens (including phenoxy) is 1. The number of rotatable bonds is 2. The Kier molecular flexibility index (Phi) is 4.96. The molecule has 3 rings (SSSR count). The fraction of sp³-hybridized carbons (Fsp3) is 0.571. The van der Waals surface area contributed by atoms with Crippen LogP contribution in [-0.4, -0.2) is 30.6 Å². The third kappa shape index (κ3) is 3.34. The molecule has 1 aromatic carbocycles. The molecule has 3 nitrogen and oxygen atoms in total. The van der Waals surface area contributed by atoms with Gasteiger partial charge in [0.1, 0.15) is 5.75 Å². The number of hydrogen-bond acceptors (Lipinski definition) is 3. The quantitative estimate of drug-likeness (QED) is 0.913. The molecule has 2 aliphatic heterocycles. The number of nitrogens with two attached hydrogens (primary N) is 1. The molecule has 19 heavy (non-hydrogen) atoms. The number of halogens is 2. The summed E-state index contributed by atoms with van der Waals surface area (Å²) in [6, 6.07) is 4.45. The monoisotopic (exact) mass is 302 g/mol. The normalized spacial score (nSPS) is 19.7. The number of piperidine rings is 1. The van der Waals surface area contributed by atoms with Gasteiger partial charge < -0.3 is 10.5 Å². The zero-order valence-corrected chi connectivity index (χ0v) is 12.5. The van der Waals surface area contributed by atoms with Gasteiger partial charge in [0, 0.05) is 29.6 Å². The van der Waals surface area contributed by atoms with Gasteiger partial charge in [-0.3, -0.25) is 4.90 Å². The number of benzene rings is 1. The summed E-state index contributed by atoms with van der Waals surface area (Å²) in [5, 5.41) is 0.822. The Hall–Kier alpha value is -0.480. The Balaban J connectivity index is 0.00000133. The molecule has 0 spiro atoms. The van der Waals surface area contributed by atoms with Gasteiger partial charge in [-0.1, -0.05) is 11.6 Å². The number of fused-ring (bicyclic) bond motifs is 1. The summed E-state index contributed by atoms with van der Waals surface area (Å²) in [5.41, 5.74) is 8.42. The molecule has 5 heteroatoms. The van der Waals surface area contributed by atoms with E-state index in [-0.39, 0.29) is 12.4 Å². The van der Waals surface area contributed by atoms with Crippen LogP contribution in [0.15, 0.2) is 12.1 Å². The summed E-state index contributed by atoms with van der Waals surface area (Å²) in [6.07, 6.45) is 3.15. The Morgan fingerprint density at radius 1 is 1.32 bits per heavy atom. The summed E-state index contributed by atoms with van der Waals surface area (Å²) in [4.78, 5) is 2.44. The molecule has 1 fully saturated rings. The largest absolute Gasteiger partial charge is 0.493 e. The van der Waals surface area contributed by atoms with Crippen LogP contribution in [0.3, 0.4) is 0 Å². The molecule has 0 bridgehead atoms. The first-order valence-corrected chi connectivity index (χ1v) is 7.02. The van der Waals surface area contributed by atoms with Gasteiger partial charge in [0.05, 0.1) is 6.61 Å². The van der Waals surface area contributed by atoms with Crippen LogP contribution in [0.25, 0.3) is 0 Å². The van der Waals surface area contributed by atoms with Gasteiger partial charge in [-0.05, 0) is 43.6 Å². The minimum absolute atomic E-state index is 0. The van der Waals surface area contributed by atoms with Gasteiger partial charge in [0.15, 0.2) is 0 Å². The van der Waals surface area contributed by atoms with Crippen LogP contribution < -0.4 is 10.5 Å². The van der Waals surface area contributed by atoms with Crippen molar-refractivity contribution in [2.24, 2.45) is 5.73 Å². The van der Waals surface area contributed by atoms with Crippen molar-refractivity contribution in [2.45, 2.75) is 31.8 Å². The Bertz CT molecular complexity index is 445. The summed E-state index contributed by atoms with van der Waals surface area (Å²) in [7, 11) is 0. The van der Waals surface area contributed by atoms with Crippen molar-refractivity contribution in [3.63, 3.8) is 0 Å². The molecule has 2 N–H and O–H groups in total. The molecule has 0 unspecified atom stereocenters. The fourth-order valence-electron chi connectivity index (χ4n) is 2.82. The van der Waals surface area contributed by atoms with Crippen molar-refractivity contribution in [3.8, 4) is 5.75 Å². The third-order valence-electron chi connectivity index (χ3n) is 3.85. The zero-order chi connectivity index (χ0) is 12.5. The van der Waals surface area contributed by atoms with E-state index >= 15 is 0 Å². The lowest BCUT2D eigenvalue weighted by Gasteiger charge is -2.30. The summed E-state index contributed by atoms with van der Waals surface area (Å²) in [6.45, 7) is 3.86. The molecule has 0 saturated carbocycles. The van der Waals surface area contributed by atoms with Crippen molar-refractivity contribution in [2.75, 3.05) is 19.7 Å². The van der Waals surface area contributed by atoms with Crippen LogP contribution in [0.2, 0.25) is 5.02 Å². The molecule has 106 valence electrons. The highest BCUT2D eigenvalue weighted by molar-refractivity contribution is 6.30. The lowest BCUT2D eigenvalue weighted by atomic mass is 10.0. The number of likely N-dealkylation sites (tertiary alicyclic amines) is 1. The minimum Gasteiger partial charge on any atom is -0.493 e. The smallest absolute Gasteiger partial charge is 0.127 e. The van der Waals surface area contributed by atoms with Gasteiger partial charge in [-0.15, -0.1) is 12.4 Å². The Morgan fingerprint density at radius 3 is 2.79 bits per heavy atom. The third-order valence-corrected chi connectivity index (χ3v) is 4.07. The van der Waals surface area contributed by atoms with Gasteiger partial charge in [0.2, 0.25) is 0 Å². The highest BCUT2D eigenvalue weighted by Crippen LogP contribution is 2.33. The first-order valence-electron chi connectivity index (χ1n) is 6.64. The van der Waals surface area contributed by atoms with Crippen molar-refractivity contribution >= 4 is 24.0 Å². The maximum absolute atomic E-state index is 6.18. The Labute approximate surface area is 125 Å². The van der Waals surface area contributed by atoms with Crippen LogP contribution in [0.5, 0.6) is 5.75 Å². The van der Waals surface area contributed by atoms with E-state index in [9.17, 15) is 0 Å². The second-order valence-corrected chi connectivity index (χ2v) is 5.70. The van der Waals surface area contributed by atoms with E-state index < -0.39 is 0 Å². The second-order valence-electron chi connectivity index (χ2n) is 5.27. The van der Waals surface area contributed by atoms with Gasteiger partial charge in [-0.25, -0.2) is 0 Å². The van der Waals surface area contributed by atoms with Crippen LogP contribution >= 0.6 is 24.0 Å². The van der Waals surface area contributed by atoms with Gasteiger partial charge >= 0.3 is 0 Å². The van der Waals surface area contributed by atoms with Crippen LogP contribution in [-0.2, 0) is 13.0 Å². The average molecular weight is 303 g/mol. The van der Waals surface area contributed by atoms with Crippen LogP contribution in [0, 0.1) is 0 Å². The number of nitrogens with zero attached hydrogens (tertiary/aromatic N) is 1. The average Bonchev–Trinajstić information content (AvgIpc) is 2.80. The van der Waals surface area contributed by atoms with E-state index in [1.165, 1.54) is 11.1 Å². The maximum Gasteiger partial charge on any atom is 0.127 e. The molecule has 2 heterocycles. The van der Waals surface area contributed by atoms with E-state index in [4.69, 9.17) is 22.1 Å². The zero-order valence-electron chi connectivity index (χ0n) is 10.9. The predicted molar refractivity (Wildman–Crippen MR) is 80.4 cm³/mol. The maximum atomic E-state index is 6.18. The van der Waals surface area contributed by atoms with E-state index in [0.717, 1.165) is 56.3 Å². The fourth-order valence-corrected chi connectivity index (χ4v) is 3.08. The molecule has 2 aliphatic rings. The first-order chi connectivity index (χ1) is 8.72. The van der Waals surface area contributed by atoms with Crippen molar-refractivity contribution in [1.29, 1.82) is 0 Å². The predicted octanol–water partition coefficient (Wildman–Crippen LogP) is 2.62. The number of hydrogen-bond donors (Lipinski definition) is 1. The molecular weight excluding hydrogens is 283 g/mol. The molecule has 0 atom stereocenters. The first kappa shape index (κ1) is 14.9. The van der Waals surface area contributed by atoms with Crippen molar-refractivity contribution < 1.29 is 4.74 Å². The summed E-state index contributed by atoms with van der Waals surface area (Å²) < 4.78 is 5.74.